The first-order valence-electron chi connectivity index (χ1n) is 7.44. The topological polar surface area (TPSA) is 46.3 Å². The Morgan fingerprint density at radius 3 is 2.67 bits per heavy atom. The molecule has 1 amide bonds. The Labute approximate surface area is 147 Å². The Hall–Kier alpha value is -0.330. The van der Waals surface area contributed by atoms with Gasteiger partial charge in [0.1, 0.15) is 0 Å². The third-order valence-electron chi connectivity index (χ3n) is 3.99. The molecule has 1 aliphatic rings. The molecule has 1 fully saturated rings. The van der Waals surface area contributed by atoms with E-state index in [1.165, 1.54) is 9.13 Å². The molecule has 1 unspecified atom stereocenters. The van der Waals surface area contributed by atoms with Crippen molar-refractivity contribution in [2.75, 3.05) is 13.1 Å². The normalized spacial score (nSPS) is 17.6. The van der Waals surface area contributed by atoms with Crippen molar-refractivity contribution in [3.63, 3.8) is 0 Å². The molecule has 2 N–H and O–H groups in total. The fraction of sp³-hybridized carbons (Fsp3) is 0.562. The molecule has 0 bridgehead atoms. The van der Waals surface area contributed by atoms with Gasteiger partial charge in [-0.3, -0.25) is 4.79 Å². The van der Waals surface area contributed by atoms with E-state index < -0.39 is 0 Å². The first kappa shape index (κ1) is 18.7. The predicted molar refractivity (Wildman–Crippen MR) is 97.8 cm³/mol. The van der Waals surface area contributed by atoms with Crippen molar-refractivity contribution >= 4 is 40.9 Å². The molecule has 0 aromatic heterocycles. The summed E-state index contributed by atoms with van der Waals surface area (Å²) in [5.74, 6) is 0.292. The zero-order valence-corrected chi connectivity index (χ0v) is 15.2. The lowest BCUT2D eigenvalue weighted by Gasteiger charge is -2.23. The second-order valence-electron chi connectivity index (χ2n) is 5.45. The van der Waals surface area contributed by atoms with E-state index >= 15 is 0 Å². The zero-order valence-electron chi connectivity index (χ0n) is 12.3. The highest BCUT2D eigenvalue weighted by Gasteiger charge is 2.26. The molecule has 118 valence electrons. The van der Waals surface area contributed by atoms with Crippen molar-refractivity contribution in [2.24, 2.45) is 5.73 Å². The van der Waals surface area contributed by atoms with Gasteiger partial charge in [0.2, 0.25) is 5.91 Å². The van der Waals surface area contributed by atoms with Gasteiger partial charge in [-0.25, -0.2) is 0 Å². The smallest absolute Gasteiger partial charge is 0.222 e. The van der Waals surface area contributed by atoms with Crippen molar-refractivity contribution in [1.29, 1.82) is 0 Å². The summed E-state index contributed by atoms with van der Waals surface area (Å²) in [5.41, 5.74) is 7.07. The maximum Gasteiger partial charge on any atom is 0.222 e. The fourth-order valence-electron chi connectivity index (χ4n) is 2.81. The van der Waals surface area contributed by atoms with Crippen molar-refractivity contribution in [3.8, 4) is 0 Å². The number of carbonyl (C=O) groups excluding carboxylic acids is 1. The summed E-state index contributed by atoms with van der Waals surface area (Å²) in [7, 11) is 0. The van der Waals surface area contributed by atoms with Gasteiger partial charge in [0.05, 0.1) is 0 Å². The minimum Gasteiger partial charge on any atom is -0.338 e. The zero-order chi connectivity index (χ0) is 14.4. The molecule has 1 aliphatic heterocycles. The van der Waals surface area contributed by atoms with E-state index in [0.717, 1.165) is 38.6 Å². The summed E-state index contributed by atoms with van der Waals surface area (Å²) in [4.78, 5) is 14.1. The van der Waals surface area contributed by atoms with Crippen LogP contribution in [0.4, 0.5) is 0 Å². The van der Waals surface area contributed by atoms with Crippen LogP contribution in [0.2, 0.25) is 0 Å². The van der Waals surface area contributed by atoms with Gasteiger partial charge in [-0.15, -0.1) is 12.4 Å². The third-order valence-corrected chi connectivity index (χ3v) is 4.71. The number of hydrogen-bond donors (Lipinski definition) is 1. The van der Waals surface area contributed by atoms with Gasteiger partial charge in [0, 0.05) is 29.1 Å². The van der Waals surface area contributed by atoms with Crippen LogP contribution in [0.25, 0.3) is 0 Å². The lowest BCUT2D eigenvalue weighted by molar-refractivity contribution is -0.131. The lowest BCUT2D eigenvalue weighted by atomic mass is 10.1. The van der Waals surface area contributed by atoms with Crippen LogP contribution >= 0.6 is 35.0 Å². The molecule has 1 saturated heterocycles. The van der Waals surface area contributed by atoms with Crippen molar-refractivity contribution in [2.45, 2.75) is 44.6 Å². The number of hydrogen-bond acceptors (Lipinski definition) is 2. The average Bonchev–Trinajstić information content (AvgIpc) is 2.94. The Morgan fingerprint density at radius 1 is 1.29 bits per heavy atom. The molecule has 0 radical (unpaired) electrons. The van der Waals surface area contributed by atoms with E-state index in [1.54, 1.807) is 0 Å². The van der Waals surface area contributed by atoms with Gasteiger partial charge in [-0.1, -0.05) is 12.1 Å². The molecular weight excluding hydrogens is 399 g/mol. The van der Waals surface area contributed by atoms with E-state index in [2.05, 4.69) is 46.9 Å². The molecule has 0 aliphatic carbocycles. The number of unbranched alkanes of at least 4 members (excludes halogenated alkanes) is 1. The molecule has 1 atom stereocenters. The Morgan fingerprint density at radius 2 is 2.00 bits per heavy atom. The molecule has 0 saturated carbocycles. The van der Waals surface area contributed by atoms with E-state index in [1.807, 2.05) is 4.90 Å². The van der Waals surface area contributed by atoms with Crippen molar-refractivity contribution in [3.05, 3.63) is 33.4 Å². The number of benzene rings is 1. The van der Waals surface area contributed by atoms with E-state index in [-0.39, 0.29) is 12.4 Å². The number of amides is 1. The highest BCUT2D eigenvalue weighted by Crippen LogP contribution is 2.18. The number of nitrogens with two attached hydrogens (primary N) is 1. The van der Waals surface area contributed by atoms with Crippen LogP contribution in [0, 0.1) is 3.57 Å². The first-order chi connectivity index (χ1) is 9.70. The maximum atomic E-state index is 12.1. The number of rotatable bonds is 6. The van der Waals surface area contributed by atoms with Crippen LogP contribution in [-0.4, -0.2) is 29.9 Å². The van der Waals surface area contributed by atoms with Crippen LogP contribution in [0.5, 0.6) is 0 Å². The Kier molecular flexibility index (Phi) is 8.59. The highest BCUT2D eigenvalue weighted by molar-refractivity contribution is 14.1. The summed E-state index contributed by atoms with van der Waals surface area (Å²) < 4.78 is 1.27. The average molecular weight is 423 g/mol. The van der Waals surface area contributed by atoms with Crippen molar-refractivity contribution in [1.82, 2.24) is 4.90 Å². The molecule has 1 aromatic rings. The summed E-state index contributed by atoms with van der Waals surface area (Å²) in [5, 5.41) is 0. The maximum absolute atomic E-state index is 12.1. The molecule has 5 heteroatoms. The second kappa shape index (κ2) is 9.64. The summed E-state index contributed by atoms with van der Waals surface area (Å²) >= 11 is 2.32. The lowest BCUT2D eigenvalue weighted by Crippen LogP contribution is -2.39. The van der Waals surface area contributed by atoms with Gasteiger partial charge in [-0.2, -0.15) is 0 Å². The molecule has 0 spiro atoms. The van der Waals surface area contributed by atoms with Gasteiger partial charge in [-0.05, 0) is 72.4 Å². The third kappa shape index (κ3) is 5.75. The number of halogens is 2. The van der Waals surface area contributed by atoms with Gasteiger partial charge >= 0.3 is 0 Å². The standard InChI is InChI=1S/C16H23IN2O.ClH/c17-14-9-7-13(8-10-14)4-1-2-6-16(20)19-11-3-5-15(19)12-18;/h7-10,15H,1-6,11-12,18H2;1H. The van der Waals surface area contributed by atoms with E-state index in [4.69, 9.17) is 5.73 Å². The monoisotopic (exact) mass is 422 g/mol. The van der Waals surface area contributed by atoms with Gasteiger partial charge in [0.25, 0.3) is 0 Å². The second-order valence-corrected chi connectivity index (χ2v) is 6.70. The molecule has 2 rings (SSSR count). The molecule has 21 heavy (non-hydrogen) atoms. The van der Waals surface area contributed by atoms with Crippen LogP contribution in [-0.2, 0) is 11.2 Å². The van der Waals surface area contributed by atoms with Gasteiger partial charge < -0.3 is 10.6 Å². The summed E-state index contributed by atoms with van der Waals surface area (Å²) in [6.07, 6.45) is 5.96. The molecule has 1 aromatic carbocycles. The van der Waals surface area contributed by atoms with Crippen LogP contribution in [0.3, 0.4) is 0 Å². The summed E-state index contributed by atoms with van der Waals surface area (Å²) in [6, 6.07) is 8.91. The number of likely N-dealkylation sites (tertiary alicyclic amines) is 1. The van der Waals surface area contributed by atoms with E-state index in [0.29, 0.717) is 24.9 Å². The minimum absolute atomic E-state index is 0. The first-order valence-corrected chi connectivity index (χ1v) is 8.52. The predicted octanol–water partition coefficient (Wildman–Crippen LogP) is 3.38. The fourth-order valence-corrected chi connectivity index (χ4v) is 3.17. The number of nitrogens with zero attached hydrogens (tertiary/aromatic N) is 1. The SMILES string of the molecule is Cl.NCC1CCCN1C(=O)CCCCc1ccc(I)cc1. The highest BCUT2D eigenvalue weighted by atomic mass is 127. The quantitative estimate of drug-likeness (QED) is 0.564. The Bertz CT molecular complexity index is 438. The minimum atomic E-state index is 0. The van der Waals surface area contributed by atoms with E-state index in [9.17, 15) is 4.79 Å². The van der Waals surface area contributed by atoms with Gasteiger partial charge in [0.15, 0.2) is 0 Å². The van der Waals surface area contributed by atoms with Crippen LogP contribution < -0.4 is 5.73 Å². The van der Waals surface area contributed by atoms with Crippen LogP contribution in [0.1, 0.15) is 37.7 Å². The van der Waals surface area contributed by atoms with Crippen LogP contribution in [0.15, 0.2) is 24.3 Å². The van der Waals surface area contributed by atoms with Crippen molar-refractivity contribution < 1.29 is 4.79 Å². The molecular formula is C16H24ClIN2O. The summed E-state index contributed by atoms with van der Waals surface area (Å²) in [6.45, 7) is 1.51. The number of carbonyl (C=O) groups is 1. The molecule has 3 nitrogen and oxygen atoms in total. The Balaban J connectivity index is 0.00000220. The molecule has 1 heterocycles. The largest absolute Gasteiger partial charge is 0.338 e. The number of aryl methyl sites for hydroxylation is 1.